The second-order valence-corrected chi connectivity index (χ2v) is 4.34. The van der Waals surface area contributed by atoms with Crippen molar-refractivity contribution >= 4 is 21.7 Å². The predicted octanol–water partition coefficient (Wildman–Crippen LogP) is 1.47. The minimum absolute atomic E-state index is 0.669. The van der Waals surface area contributed by atoms with Crippen LogP contribution in [0, 0.1) is 6.92 Å². The maximum absolute atomic E-state index is 5.85. The number of nitrogens with two attached hydrogens (primary N) is 1. The van der Waals surface area contributed by atoms with Gasteiger partial charge in [0.15, 0.2) is 0 Å². The molecule has 0 aliphatic carbocycles. The summed E-state index contributed by atoms with van der Waals surface area (Å²) >= 11 is 3.45. The van der Waals surface area contributed by atoms with Crippen molar-refractivity contribution in [2.75, 3.05) is 5.73 Å². The SMILES string of the molecule is Cc1c(-c2nn(C)cc2Br)nn(C)c1N. The first-order valence-corrected chi connectivity index (χ1v) is 5.28. The molecule has 15 heavy (non-hydrogen) atoms. The van der Waals surface area contributed by atoms with Crippen LogP contribution < -0.4 is 5.73 Å². The van der Waals surface area contributed by atoms with E-state index in [1.54, 1.807) is 9.36 Å². The molecule has 5 nitrogen and oxygen atoms in total. The Hall–Kier alpha value is -1.30. The number of aryl methyl sites for hydroxylation is 2. The number of aromatic nitrogens is 4. The van der Waals surface area contributed by atoms with Crippen LogP contribution in [0.4, 0.5) is 5.82 Å². The van der Waals surface area contributed by atoms with Gasteiger partial charge >= 0.3 is 0 Å². The molecule has 2 heterocycles. The fourth-order valence-electron chi connectivity index (χ4n) is 1.49. The Morgan fingerprint density at radius 3 is 2.33 bits per heavy atom. The molecule has 2 aromatic heterocycles. The fraction of sp³-hybridized carbons (Fsp3) is 0.333. The van der Waals surface area contributed by atoms with Gasteiger partial charge in [0.05, 0.1) is 4.47 Å². The number of hydrogen-bond donors (Lipinski definition) is 1. The van der Waals surface area contributed by atoms with Gasteiger partial charge in [-0.15, -0.1) is 0 Å². The third-order valence-electron chi connectivity index (χ3n) is 2.35. The highest BCUT2D eigenvalue weighted by Crippen LogP contribution is 2.29. The molecule has 0 bridgehead atoms. The van der Waals surface area contributed by atoms with E-state index in [-0.39, 0.29) is 0 Å². The van der Waals surface area contributed by atoms with Gasteiger partial charge in [0.2, 0.25) is 0 Å². The number of rotatable bonds is 1. The van der Waals surface area contributed by atoms with Crippen molar-refractivity contribution in [3.8, 4) is 11.4 Å². The van der Waals surface area contributed by atoms with E-state index in [4.69, 9.17) is 5.73 Å². The summed E-state index contributed by atoms with van der Waals surface area (Å²) in [7, 11) is 3.69. The topological polar surface area (TPSA) is 61.7 Å². The van der Waals surface area contributed by atoms with Crippen LogP contribution in [0.2, 0.25) is 0 Å². The van der Waals surface area contributed by atoms with E-state index in [9.17, 15) is 0 Å². The lowest BCUT2D eigenvalue weighted by molar-refractivity contribution is 0.760. The van der Waals surface area contributed by atoms with E-state index >= 15 is 0 Å². The van der Waals surface area contributed by atoms with E-state index in [1.165, 1.54) is 0 Å². The van der Waals surface area contributed by atoms with Crippen LogP contribution >= 0.6 is 15.9 Å². The third kappa shape index (κ3) is 1.54. The van der Waals surface area contributed by atoms with Crippen molar-refractivity contribution in [1.29, 1.82) is 0 Å². The maximum atomic E-state index is 5.85. The molecule has 2 rings (SSSR count). The number of anilines is 1. The summed E-state index contributed by atoms with van der Waals surface area (Å²) in [5.74, 6) is 0.669. The van der Waals surface area contributed by atoms with Crippen molar-refractivity contribution < 1.29 is 0 Å². The minimum atomic E-state index is 0.669. The average Bonchev–Trinajstić information content (AvgIpc) is 2.61. The number of hydrogen-bond acceptors (Lipinski definition) is 3. The van der Waals surface area contributed by atoms with Gasteiger partial charge in [0.25, 0.3) is 0 Å². The van der Waals surface area contributed by atoms with Crippen LogP contribution in [0.25, 0.3) is 11.4 Å². The number of nitrogens with zero attached hydrogens (tertiary/aromatic N) is 4. The minimum Gasteiger partial charge on any atom is -0.384 e. The summed E-state index contributed by atoms with van der Waals surface area (Å²) < 4.78 is 4.32. The quantitative estimate of drug-likeness (QED) is 0.853. The van der Waals surface area contributed by atoms with Gasteiger partial charge in [-0.1, -0.05) is 0 Å². The summed E-state index contributed by atoms with van der Waals surface area (Å²) in [4.78, 5) is 0. The average molecular weight is 270 g/mol. The van der Waals surface area contributed by atoms with Gasteiger partial charge in [0, 0.05) is 25.9 Å². The van der Waals surface area contributed by atoms with Crippen LogP contribution in [0.15, 0.2) is 10.7 Å². The van der Waals surface area contributed by atoms with Crippen molar-refractivity contribution in [2.45, 2.75) is 6.92 Å². The van der Waals surface area contributed by atoms with Crippen molar-refractivity contribution in [3.63, 3.8) is 0 Å². The van der Waals surface area contributed by atoms with Crippen LogP contribution in [0.5, 0.6) is 0 Å². The smallest absolute Gasteiger partial charge is 0.127 e. The molecule has 0 saturated carbocycles. The Morgan fingerprint density at radius 2 is 1.93 bits per heavy atom. The molecule has 0 aliphatic heterocycles. The molecule has 2 aromatic rings. The lowest BCUT2D eigenvalue weighted by atomic mass is 10.2. The molecule has 0 aliphatic rings. The number of halogens is 1. The maximum Gasteiger partial charge on any atom is 0.127 e. The van der Waals surface area contributed by atoms with Crippen LogP contribution in [-0.4, -0.2) is 19.6 Å². The summed E-state index contributed by atoms with van der Waals surface area (Å²) in [5.41, 5.74) is 8.45. The second-order valence-electron chi connectivity index (χ2n) is 3.48. The number of nitrogen functional groups attached to an aromatic ring is 1. The normalized spacial score (nSPS) is 10.9. The molecule has 0 fully saturated rings. The molecule has 80 valence electrons. The predicted molar refractivity (Wildman–Crippen MR) is 62.3 cm³/mol. The van der Waals surface area contributed by atoms with Gasteiger partial charge in [0.1, 0.15) is 17.2 Å². The standard InChI is InChI=1S/C9H12BrN5/c1-5-7(13-15(3)9(5)11)8-6(10)4-14(2)12-8/h4H,11H2,1-3H3. The first-order valence-electron chi connectivity index (χ1n) is 4.49. The Morgan fingerprint density at radius 1 is 1.27 bits per heavy atom. The van der Waals surface area contributed by atoms with E-state index in [0.29, 0.717) is 5.82 Å². The van der Waals surface area contributed by atoms with Gasteiger partial charge in [-0.25, -0.2) is 0 Å². The molecule has 0 aromatic carbocycles. The highest BCUT2D eigenvalue weighted by molar-refractivity contribution is 9.10. The lowest BCUT2D eigenvalue weighted by Gasteiger charge is -1.93. The van der Waals surface area contributed by atoms with E-state index in [1.807, 2.05) is 27.2 Å². The molecule has 0 atom stereocenters. The molecule has 0 amide bonds. The molecular formula is C9H12BrN5. The molecular weight excluding hydrogens is 258 g/mol. The largest absolute Gasteiger partial charge is 0.384 e. The summed E-state index contributed by atoms with van der Waals surface area (Å²) in [6, 6.07) is 0. The van der Waals surface area contributed by atoms with Crippen LogP contribution in [0.1, 0.15) is 5.56 Å². The molecule has 0 radical (unpaired) electrons. The highest BCUT2D eigenvalue weighted by atomic mass is 79.9. The highest BCUT2D eigenvalue weighted by Gasteiger charge is 2.16. The first-order chi connectivity index (χ1) is 7.00. The second kappa shape index (κ2) is 3.37. The summed E-state index contributed by atoms with van der Waals surface area (Å²) in [6.07, 6.45) is 1.89. The monoisotopic (exact) mass is 269 g/mol. The molecule has 6 heteroatoms. The Bertz CT molecular complexity index is 511. The Balaban J connectivity index is 2.64. The van der Waals surface area contributed by atoms with E-state index in [0.717, 1.165) is 21.4 Å². The van der Waals surface area contributed by atoms with Gasteiger partial charge in [-0.05, 0) is 22.9 Å². The van der Waals surface area contributed by atoms with Gasteiger partial charge < -0.3 is 5.73 Å². The third-order valence-corrected chi connectivity index (χ3v) is 2.93. The molecule has 2 N–H and O–H groups in total. The Labute approximate surface area is 96.0 Å². The van der Waals surface area contributed by atoms with Crippen LogP contribution in [0.3, 0.4) is 0 Å². The fourth-order valence-corrected chi connectivity index (χ4v) is 2.05. The van der Waals surface area contributed by atoms with Crippen molar-refractivity contribution in [3.05, 3.63) is 16.2 Å². The van der Waals surface area contributed by atoms with E-state index < -0.39 is 0 Å². The Kier molecular flexibility index (Phi) is 2.30. The van der Waals surface area contributed by atoms with Gasteiger partial charge in [-0.3, -0.25) is 9.36 Å². The van der Waals surface area contributed by atoms with Gasteiger partial charge in [-0.2, -0.15) is 10.2 Å². The van der Waals surface area contributed by atoms with Crippen molar-refractivity contribution in [2.24, 2.45) is 14.1 Å². The summed E-state index contributed by atoms with van der Waals surface area (Å²) in [5, 5.41) is 8.67. The zero-order valence-corrected chi connectivity index (χ0v) is 10.4. The molecule has 0 saturated heterocycles. The van der Waals surface area contributed by atoms with Crippen LogP contribution in [-0.2, 0) is 14.1 Å². The van der Waals surface area contributed by atoms with Crippen molar-refractivity contribution in [1.82, 2.24) is 19.6 Å². The summed E-state index contributed by atoms with van der Waals surface area (Å²) in [6.45, 7) is 1.94. The molecule has 0 spiro atoms. The molecule has 0 unspecified atom stereocenters. The lowest BCUT2D eigenvalue weighted by Crippen LogP contribution is -1.97. The van der Waals surface area contributed by atoms with E-state index in [2.05, 4.69) is 26.1 Å². The zero-order valence-electron chi connectivity index (χ0n) is 8.82. The zero-order chi connectivity index (χ0) is 11.2. The first kappa shape index (κ1) is 10.2.